The molecule has 3 N–H and O–H groups in total. The van der Waals surface area contributed by atoms with Gasteiger partial charge in [0, 0.05) is 19.3 Å². The van der Waals surface area contributed by atoms with E-state index in [1.807, 2.05) is 13.0 Å². The molecule has 128 valence electrons. The molecule has 0 spiro atoms. The van der Waals surface area contributed by atoms with E-state index in [9.17, 15) is 5.11 Å². The number of aromatic nitrogens is 1. The highest BCUT2D eigenvalue weighted by Crippen LogP contribution is 2.28. The van der Waals surface area contributed by atoms with Gasteiger partial charge in [0.15, 0.2) is 5.96 Å². The number of aliphatic hydroxyl groups is 1. The fraction of sp³-hybridized carbons (Fsp3) is 0.647. The van der Waals surface area contributed by atoms with Crippen molar-refractivity contribution in [1.29, 1.82) is 0 Å². The van der Waals surface area contributed by atoms with Gasteiger partial charge in [-0.25, -0.2) is 4.98 Å². The Bertz CT molecular complexity index is 498. The van der Waals surface area contributed by atoms with Gasteiger partial charge in [-0.1, -0.05) is 36.9 Å². The summed E-state index contributed by atoms with van der Waals surface area (Å²) in [5.74, 6) is 0.758. The second kappa shape index (κ2) is 9.08. The summed E-state index contributed by atoms with van der Waals surface area (Å²) in [4.78, 5) is 8.64. The number of aliphatic imine (C=N–C) groups is 1. The first-order valence-electron chi connectivity index (χ1n) is 8.46. The topological polar surface area (TPSA) is 69.5 Å². The lowest BCUT2D eigenvalue weighted by Gasteiger charge is -2.30. The Morgan fingerprint density at radius 1 is 1.30 bits per heavy atom. The number of guanidine groups is 1. The Kier molecular flexibility index (Phi) is 7.12. The van der Waals surface area contributed by atoms with Crippen molar-refractivity contribution in [2.45, 2.75) is 51.0 Å². The maximum absolute atomic E-state index is 10.5. The number of nitrogens with one attached hydrogen (secondary N) is 2. The Hall–Kier alpha value is -1.33. The van der Waals surface area contributed by atoms with E-state index in [1.54, 1.807) is 12.3 Å². The zero-order valence-corrected chi connectivity index (χ0v) is 14.6. The van der Waals surface area contributed by atoms with Crippen LogP contribution in [0.15, 0.2) is 23.3 Å². The quantitative estimate of drug-likeness (QED) is 0.423. The first-order valence-corrected chi connectivity index (χ1v) is 8.84. The fourth-order valence-electron chi connectivity index (χ4n) is 2.82. The van der Waals surface area contributed by atoms with Crippen molar-refractivity contribution in [3.05, 3.63) is 29.0 Å². The standard InChI is InChI=1S/C17H27ClN4O/c1-2-19-16(22-13-17(23)9-4-3-5-10-17)20-11-8-14-6-7-15(18)21-12-14/h6-7,12,23H,2-5,8-11,13H2,1H3,(H2,19,20,22). The van der Waals surface area contributed by atoms with E-state index in [4.69, 9.17) is 11.6 Å². The second-order valence-electron chi connectivity index (χ2n) is 6.15. The molecule has 23 heavy (non-hydrogen) atoms. The molecule has 0 aromatic carbocycles. The number of nitrogens with zero attached hydrogens (tertiary/aromatic N) is 2. The zero-order chi connectivity index (χ0) is 16.5. The Morgan fingerprint density at radius 2 is 2.09 bits per heavy atom. The summed E-state index contributed by atoms with van der Waals surface area (Å²) in [6.07, 6.45) is 7.76. The Balaban J connectivity index is 1.82. The monoisotopic (exact) mass is 338 g/mol. The van der Waals surface area contributed by atoms with Crippen LogP contribution in [0.25, 0.3) is 0 Å². The molecule has 0 bridgehead atoms. The van der Waals surface area contributed by atoms with E-state index < -0.39 is 5.60 Å². The van der Waals surface area contributed by atoms with Crippen molar-refractivity contribution in [3.63, 3.8) is 0 Å². The van der Waals surface area contributed by atoms with Crippen molar-refractivity contribution < 1.29 is 5.11 Å². The normalized spacial score (nSPS) is 17.8. The SMILES string of the molecule is CCNC(=NCC1(O)CCCCC1)NCCc1ccc(Cl)nc1. The van der Waals surface area contributed by atoms with Crippen LogP contribution in [0.2, 0.25) is 5.15 Å². The van der Waals surface area contributed by atoms with Gasteiger partial charge < -0.3 is 15.7 Å². The third kappa shape index (κ3) is 6.36. The van der Waals surface area contributed by atoms with Crippen LogP contribution in [-0.4, -0.2) is 41.3 Å². The van der Waals surface area contributed by atoms with Gasteiger partial charge in [0.2, 0.25) is 0 Å². The summed E-state index contributed by atoms with van der Waals surface area (Å²) in [5, 5.41) is 17.6. The van der Waals surface area contributed by atoms with E-state index in [1.165, 1.54) is 6.42 Å². The summed E-state index contributed by atoms with van der Waals surface area (Å²) in [6.45, 7) is 4.06. The molecule has 1 heterocycles. The maximum Gasteiger partial charge on any atom is 0.191 e. The Morgan fingerprint density at radius 3 is 2.74 bits per heavy atom. The number of hydrogen-bond acceptors (Lipinski definition) is 3. The molecular formula is C17H27ClN4O. The molecule has 0 atom stereocenters. The third-order valence-corrected chi connectivity index (χ3v) is 4.38. The molecule has 1 saturated carbocycles. The lowest BCUT2D eigenvalue weighted by molar-refractivity contribution is 0.0131. The van der Waals surface area contributed by atoms with E-state index in [-0.39, 0.29) is 0 Å². The highest BCUT2D eigenvalue weighted by atomic mass is 35.5. The van der Waals surface area contributed by atoms with Crippen LogP contribution in [0.5, 0.6) is 0 Å². The van der Waals surface area contributed by atoms with Gasteiger partial charge in [0.05, 0.1) is 12.1 Å². The maximum atomic E-state index is 10.5. The van der Waals surface area contributed by atoms with Gasteiger partial charge in [0.25, 0.3) is 0 Å². The average Bonchev–Trinajstić information content (AvgIpc) is 2.55. The second-order valence-corrected chi connectivity index (χ2v) is 6.53. The predicted octanol–water partition coefficient (Wildman–Crippen LogP) is 2.53. The lowest BCUT2D eigenvalue weighted by Crippen LogP contribution is -2.41. The third-order valence-electron chi connectivity index (χ3n) is 4.15. The zero-order valence-electron chi connectivity index (χ0n) is 13.8. The Labute approximate surface area is 143 Å². The molecule has 2 rings (SSSR count). The van der Waals surface area contributed by atoms with Crippen LogP contribution in [0.3, 0.4) is 0 Å². The molecule has 0 saturated heterocycles. The highest BCUT2D eigenvalue weighted by Gasteiger charge is 2.28. The van der Waals surface area contributed by atoms with Crippen LogP contribution in [0.4, 0.5) is 0 Å². The summed E-state index contributed by atoms with van der Waals surface area (Å²) in [7, 11) is 0. The summed E-state index contributed by atoms with van der Waals surface area (Å²) in [6, 6.07) is 3.78. The van der Waals surface area contributed by atoms with Gasteiger partial charge in [-0.3, -0.25) is 4.99 Å². The minimum absolute atomic E-state index is 0.463. The van der Waals surface area contributed by atoms with Crippen LogP contribution in [0, 0.1) is 0 Å². The molecule has 0 aliphatic heterocycles. The average molecular weight is 339 g/mol. The molecular weight excluding hydrogens is 312 g/mol. The van der Waals surface area contributed by atoms with Crippen molar-refractivity contribution >= 4 is 17.6 Å². The molecule has 1 aliphatic rings. The van der Waals surface area contributed by atoms with Gasteiger partial charge in [-0.2, -0.15) is 0 Å². The van der Waals surface area contributed by atoms with Crippen molar-refractivity contribution in [1.82, 2.24) is 15.6 Å². The van der Waals surface area contributed by atoms with Crippen molar-refractivity contribution in [3.8, 4) is 0 Å². The smallest absolute Gasteiger partial charge is 0.191 e. The van der Waals surface area contributed by atoms with Gasteiger partial charge in [0.1, 0.15) is 5.15 Å². The van der Waals surface area contributed by atoms with Crippen LogP contribution in [-0.2, 0) is 6.42 Å². The lowest BCUT2D eigenvalue weighted by atomic mass is 9.85. The van der Waals surface area contributed by atoms with Crippen molar-refractivity contribution in [2.75, 3.05) is 19.6 Å². The van der Waals surface area contributed by atoms with E-state index in [0.717, 1.165) is 56.7 Å². The van der Waals surface area contributed by atoms with E-state index in [2.05, 4.69) is 20.6 Å². The van der Waals surface area contributed by atoms with E-state index in [0.29, 0.717) is 11.7 Å². The molecule has 1 aromatic rings. The minimum atomic E-state index is -0.624. The van der Waals surface area contributed by atoms with Gasteiger partial charge in [-0.05, 0) is 37.8 Å². The first-order chi connectivity index (χ1) is 11.1. The van der Waals surface area contributed by atoms with Gasteiger partial charge in [-0.15, -0.1) is 0 Å². The van der Waals surface area contributed by atoms with Gasteiger partial charge >= 0.3 is 0 Å². The molecule has 1 aliphatic carbocycles. The molecule has 5 nitrogen and oxygen atoms in total. The van der Waals surface area contributed by atoms with Crippen LogP contribution < -0.4 is 10.6 Å². The molecule has 6 heteroatoms. The molecule has 1 aromatic heterocycles. The number of halogens is 1. The summed E-state index contributed by atoms with van der Waals surface area (Å²) < 4.78 is 0. The molecule has 0 unspecified atom stereocenters. The van der Waals surface area contributed by atoms with Crippen LogP contribution >= 0.6 is 11.6 Å². The van der Waals surface area contributed by atoms with E-state index >= 15 is 0 Å². The molecule has 0 amide bonds. The largest absolute Gasteiger partial charge is 0.388 e. The molecule has 1 fully saturated rings. The summed E-state index contributed by atoms with van der Waals surface area (Å²) >= 11 is 5.79. The predicted molar refractivity (Wildman–Crippen MR) is 95.0 cm³/mol. The number of pyridine rings is 1. The summed E-state index contributed by atoms with van der Waals surface area (Å²) in [5.41, 5.74) is 0.504. The minimum Gasteiger partial charge on any atom is -0.388 e. The first kappa shape index (κ1) is 18.0. The van der Waals surface area contributed by atoms with Crippen molar-refractivity contribution in [2.24, 2.45) is 4.99 Å². The fourth-order valence-corrected chi connectivity index (χ4v) is 2.93. The van der Waals surface area contributed by atoms with Crippen LogP contribution in [0.1, 0.15) is 44.6 Å². The molecule has 0 radical (unpaired) electrons. The number of rotatable bonds is 6. The highest BCUT2D eigenvalue weighted by molar-refractivity contribution is 6.29. The number of hydrogen-bond donors (Lipinski definition) is 3.